The molecule has 4 heteroatoms. The van der Waals surface area contributed by atoms with Crippen molar-refractivity contribution in [3.63, 3.8) is 0 Å². The Balaban J connectivity index is 1.43. The maximum absolute atomic E-state index is 13.3. The number of hydrogen-bond donors (Lipinski definition) is 2. The van der Waals surface area contributed by atoms with Crippen molar-refractivity contribution in [3.8, 4) is 0 Å². The van der Waals surface area contributed by atoms with Crippen molar-refractivity contribution in [1.29, 1.82) is 0 Å². The van der Waals surface area contributed by atoms with Gasteiger partial charge in [0.05, 0.1) is 23.6 Å². The van der Waals surface area contributed by atoms with Gasteiger partial charge in [0.1, 0.15) is 18.9 Å². The molecule has 2 nitrogen and oxygen atoms in total. The normalized spacial score (nSPS) is 21.3. The van der Waals surface area contributed by atoms with Crippen molar-refractivity contribution in [1.82, 2.24) is 0 Å². The molecule has 2 aromatic rings. The highest BCUT2D eigenvalue weighted by Gasteiger charge is 2.24. The molecule has 1 heterocycles. The molecular weight excluding hydrogens is 355 g/mol. The highest BCUT2D eigenvalue weighted by Crippen LogP contribution is 2.16. The zero-order valence-electron chi connectivity index (χ0n) is 13.3. The highest BCUT2D eigenvalue weighted by molar-refractivity contribution is 9.10. The van der Waals surface area contributed by atoms with E-state index in [-0.39, 0.29) is 5.82 Å². The second-order valence-electron chi connectivity index (χ2n) is 6.44. The van der Waals surface area contributed by atoms with Crippen LogP contribution in [0, 0.1) is 5.82 Å². The van der Waals surface area contributed by atoms with Gasteiger partial charge >= 0.3 is 0 Å². The molecule has 2 aromatic carbocycles. The Morgan fingerprint density at radius 2 is 1.78 bits per heavy atom. The van der Waals surface area contributed by atoms with Crippen LogP contribution in [-0.4, -0.2) is 19.1 Å². The minimum atomic E-state index is -0.188. The van der Waals surface area contributed by atoms with Crippen molar-refractivity contribution < 1.29 is 14.6 Å². The average Bonchev–Trinajstić information content (AvgIpc) is 2.58. The van der Waals surface area contributed by atoms with E-state index in [1.807, 2.05) is 12.1 Å². The Morgan fingerprint density at radius 1 is 1.04 bits per heavy atom. The van der Waals surface area contributed by atoms with E-state index in [1.54, 1.807) is 11.0 Å². The number of nitrogens with two attached hydrogens (primary N) is 1. The summed E-state index contributed by atoms with van der Waals surface area (Å²) in [6, 6.07) is 16.8. The van der Waals surface area contributed by atoms with E-state index >= 15 is 0 Å². The predicted octanol–water partition coefficient (Wildman–Crippen LogP) is 1.90. The van der Waals surface area contributed by atoms with Crippen LogP contribution >= 0.6 is 15.9 Å². The molecule has 0 amide bonds. The van der Waals surface area contributed by atoms with E-state index in [0.717, 1.165) is 13.1 Å². The number of halogens is 2. The van der Waals surface area contributed by atoms with Gasteiger partial charge in [0.2, 0.25) is 0 Å². The molecular formula is C19H24BrFN2+2. The second-order valence-corrected chi connectivity index (χ2v) is 7.29. The molecule has 1 aliphatic heterocycles. The molecule has 23 heavy (non-hydrogen) atoms. The molecule has 0 atom stereocenters. The lowest BCUT2D eigenvalue weighted by Gasteiger charge is -2.28. The first-order chi connectivity index (χ1) is 11.2. The number of nitrogens with one attached hydrogen (secondary N) is 1. The van der Waals surface area contributed by atoms with Crippen LogP contribution in [0.15, 0.2) is 53.0 Å². The Hall–Kier alpha value is -1.23. The molecule has 1 saturated heterocycles. The molecule has 3 rings (SSSR count). The molecule has 0 spiro atoms. The quantitative estimate of drug-likeness (QED) is 0.792. The minimum absolute atomic E-state index is 0.188. The summed E-state index contributed by atoms with van der Waals surface area (Å²) in [6.07, 6.45) is 2.51. The summed E-state index contributed by atoms with van der Waals surface area (Å²) in [5, 5.41) is 2.42. The van der Waals surface area contributed by atoms with Crippen molar-refractivity contribution in [3.05, 3.63) is 69.9 Å². The fourth-order valence-corrected chi connectivity index (χ4v) is 3.74. The largest absolute Gasteiger partial charge is 0.340 e. The second kappa shape index (κ2) is 8.04. The van der Waals surface area contributed by atoms with E-state index in [1.165, 1.54) is 37.1 Å². The third-order valence-corrected chi connectivity index (χ3v) is 5.31. The molecule has 0 aromatic heterocycles. The van der Waals surface area contributed by atoms with Gasteiger partial charge in [-0.2, -0.15) is 0 Å². The fourth-order valence-electron chi connectivity index (χ4n) is 3.31. The van der Waals surface area contributed by atoms with Gasteiger partial charge in [-0.1, -0.05) is 36.4 Å². The van der Waals surface area contributed by atoms with E-state index in [9.17, 15) is 4.39 Å². The Bertz CT molecular complexity index is 625. The zero-order chi connectivity index (χ0) is 16.1. The van der Waals surface area contributed by atoms with Crippen LogP contribution in [0.5, 0.6) is 0 Å². The van der Waals surface area contributed by atoms with Gasteiger partial charge in [-0.15, -0.1) is 0 Å². The highest BCUT2D eigenvalue weighted by atomic mass is 79.9. The summed E-state index contributed by atoms with van der Waals surface area (Å²) in [4.78, 5) is 1.69. The predicted molar refractivity (Wildman–Crippen MR) is 93.6 cm³/mol. The third kappa shape index (κ3) is 4.87. The van der Waals surface area contributed by atoms with Crippen molar-refractivity contribution in [2.75, 3.05) is 13.1 Å². The van der Waals surface area contributed by atoms with E-state index < -0.39 is 0 Å². The van der Waals surface area contributed by atoms with Gasteiger partial charge in [-0.3, -0.25) is 0 Å². The van der Waals surface area contributed by atoms with Crippen molar-refractivity contribution in [2.24, 2.45) is 0 Å². The Labute approximate surface area is 145 Å². The van der Waals surface area contributed by atoms with Crippen LogP contribution in [-0.2, 0) is 13.1 Å². The maximum Gasteiger partial charge on any atom is 0.137 e. The third-order valence-electron chi connectivity index (χ3n) is 4.71. The van der Waals surface area contributed by atoms with Crippen LogP contribution in [0.25, 0.3) is 0 Å². The molecule has 0 unspecified atom stereocenters. The minimum Gasteiger partial charge on any atom is -0.340 e. The molecule has 0 saturated carbocycles. The number of rotatable bonds is 5. The van der Waals surface area contributed by atoms with Crippen LogP contribution in [0.2, 0.25) is 0 Å². The Kier molecular flexibility index (Phi) is 5.81. The van der Waals surface area contributed by atoms with Crippen molar-refractivity contribution >= 4 is 15.9 Å². The average molecular weight is 379 g/mol. The first-order valence-electron chi connectivity index (χ1n) is 8.35. The molecule has 0 radical (unpaired) electrons. The smallest absolute Gasteiger partial charge is 0.137 e. The van der Waals surface area contributed by atoms with Gasteiger partial charge in [0.25, 0.3) is 0 Å². The van der Waals surface area contributed by atoms with Gasteiger partial charge in [-0.25, -0.2) is 4.39 Å². The van der Waals surface area contributed by atoms with Crippen LogP contribution < -0.4 is 10.2 Å². The first-order valence-corrected chi connectivity index (χ1v) is 9.15. The van der Waals surface area contributed by atoms with Gasteiger partial charge in [0, 0.05) is 24.0 Å². The number of likely N-dealkylation sites (tertiary alicyclic amines) is 1. The van der Waals surface area contributed by atoms with Crippen LogP contribution in [0.3, 0.4) is 0 Å². The molecule has 3 N–H and O–H groups in total. The number of hydrogen-bond acceptors (Lipinski definition) is 0. The summed E-state index contributed by atoms with van der Waals surface area (Å²) in [7, 11) is 0. The number of benzene rings is 2. The van der Waals surface area contributed by atoms with E-state index in [2.05, 4.69) is 51.6 Å². The first kappa shape index (κ1) is 16.6. The van der Waals surface area contributed by atoms with Crippen LogP contribution in [0.1, 0.15) is 24.0 Å². The lowest BCUT2D eigenvalue weighted by molar-refractivity contribution is -0.926. The van der Waals surface area contributed by atoms with E-state index in [0.29, 0.717) is 10.5 Å². The fraction of sp³-hybridized carbons (Fsp3) is 0.368. The molecule has 122 valence electrons. The summed E-state index contributed by atoms with van der Waals surface area (Å²) in [5.41, 5.74) is 2.61. The zero-order valence-corrected chi connectivity index (χ0v) is 14.9. The van der Waals surface area contributed by atoms with Gasteiger partial charge < -0.3 is 10.2 Å². The van der Waals surface area contributed by atoms with Crippen molar-refractivity contribution in [2.45, 2.75) is 32.0 Å². The molecule has 0 aliphatic carbocycles. The molecule has 1 aliphatic rings. The Morgan fingerprint density at radius 3 is 2.48 bits per heavy atom. The lowest BCUT2D eigenvalue weighted by atomic mass is 10.0. The monoisotopic (exact) mass is 378 g/mol. The lowest BCUT2D eigenvalue weighted by Crippen LogP contribution is -3.13. The SMILES string of the molecule is Fc1ccc(C[NH2+]C2CC[NH+](Cc3ccccc3)CC2)cc1Br. The molecule has 1 fully saturated rings. The maximum atomic E-state index is 13.3. The van der Waals surface area contributed by atoms with Crippen LogP contribution in [0.4, 0.5) is 4.39 Å². The van der Waals surface area contributed by atoms with Gasteiger partial charge in [0.15, 0.2) is 0 Å². The summed E-state index contributed by atoms with van der Waals surface area (Å²) >= 11 is 3.26. The topological polar surface area (TPSA) is 21.1 Å². The molecule has 0 bridgehead atoms. The number of quaternary nitrogens is 2. The summed E-state index contributed by atoms with van der Waals surface area (Å²) in [6.45, 7) is 4.54. The van der Waals surface area contributed by atoms with Gasteiger partial charge in [-0.05, 0) is 28.1 Å². The standard InChI is InChI=1S/C19H22BrFN2/c20-18-12-16(6-7-19(18)21)13-22-17-8-10-23(11-9-17)14-15-4-2-1-3-5-15/h1-7,12,17,22H,8-11,13-14H2/p+2. The summed E-state index contributed by atoms with van der Waals surface area (Å²) in [5.74, 6) is -0.188. The van der Waals surface area contributed by atoms with E-state index in [4.69, 9.17) is 0 Å². The summed E-state index contributed by atoms with van der Waals surface area (Å²) < 4.78 is 13.8. The number of piperidine rings is 1.